The monoisotopic (exact) mass is 294 g/mol. The summed E-state index contributed by atoms with van der Waals surface area (Å²) < 4.78 is 7.27. The quantitative estimate of drug-likeness (QED) is 0.931. The first-order valence-electron chi connectivity index (χ1n) is 7.57. The molecule has 1 unspecified atom stereocenters. The number of amides is 1. The Hall–Kier alpha value is -1.72. The van der Waals surface area contributed by atoms with Crippen LogP contribution in [-0.2, 0) is 11.8 Å². The Balaban J connectivity index is 1.93. The molecule has 1 aliphatic heterocycles. The summed E-state index contributed by atoms with van der Waals surface area (Å²) in [7, 11) is 1.89. The largest absolute Gasteiger partial charge is 0.444 e. The number of aryl methyl sites for hydroxylation is 1. The van der Waals surface area contributed by atoms with Crippen molar-refractivity contribution in [2.75, 3.05) is 18.4 Å². The van der Waals surface area contributed by atoms with E-state index in [-0.39, 0.29) is 12.1 Å². The first kappa shape index (κ1) is 15.7. The molecule has 0 radical (unpaired) electrons. The fourth-order valence-electron chi connectivity index (χ4n) is 2.52. The molecular formula is C15H26N4O2. The third kappa shape index (κ3) is 4.65. The Morgan fingerprint density at radius 3 is 2.86 bits per heavy atom. The van der Waals surface area contributed by atoms with E-state index in [4.69, 9.17) is 4.74 Å². The second kappa shape index (κ2) is 6.37. The standard InChI is InChI=1S/C15H26N4O2/c1-15(2,3)21-14(20)19-8-6-5-7-13(19)10-16-12-9-17-18(4)11-12/h9,11,13,16H,5-8,10H2,1-4H3. The van der Waals surface area contributed by atoms with Gasteiger partial charge in [-0.3, -0.25) is 4.68 Å². The summed E-state index contributed by atoms with van der Waals surface area (Å²) in [6.45, 7) is 7.20. The second-order valence-electron chi connectivity index (χ2n) is 6.61. The normalized spacial score (nSPS) is 19.4. The van der Waals surface area contributed by atoms with Crippen molar-refractivity contribution in [3.63, 3.8) is 0 Å². The third-order valence-electron chi connectivity index (χ3n) is 3.50. The summed E-state index contributed by atoms with van der Waals surface area (Å²) in [5, 5.41) is 7.48. The number of rotatable bonds is 3. The molecule has 6 nitrogen and oxygen atoms in total. The first-order valence-corrected chi connectivity index (χ1v) is 7.57. The molecule has 0 bridgehead atoms. The van der Waals surface area contributed by atoms with Gasteiger partial charge in [0.25, 0.3) is 0 Å². The molecule has 1 amide bonds. The van der Waals surface area contributed by atoms with Crippen LogP contribution in [0.4, 0.5) is 10.5 Å². The minimum Gasteiger partial charge on any atom is -0.444 e. The number of likely N-dealkylation sites (tertiary alicyclic amines) is 1. The lowest BCUT2D eigenvalue weighted by atomic mass is 10.0. The van der Waals surface area contributed by atoms with Gasteiger partial charge in [-0.25, -0.2) is 4.79 Å². The van der Waals surface area contributed by atoms with Gasteiger partial charge in [0.1, 0.15) is 5.60 Å². The zero-order valence-corrected chi connectivity index (χ0v) is 13.4. The van der Waals surface area contributed by atoms with E-state index in [2.05, 4.69) is 10.4 Å². The topological polar surface area (TPSA) is 59.4 Å². The molecule has 1 atom stereocenters. The SMILES string of the molecule is Cn1cc(NCC2CCCCN2C(=O)OC(C)(C)C)cn1. The van der Waals surface area contributed by atoms with Crippen LogP contribution in [0.1, 0.15) is 40.0 Å². The highest BCUT2D eigenvalue weighted by molar-refractivity contribution is 5.68. The summed E-state index contributed by atoms with van der Waals surface area (Å²) in [6, 6.07) is 0.175. The van der Waals surface area contributed by atoms with Gasteiger partial charge < -0.3 is 15.0 Å². The van der Waals surface area contributed by atoms with Gasteiger partial charge in [0.15, 0.2) is 0 Å². The number of hydrogen-bond acceptors (Lipinski definition) is 4. The lowest BCUT2D eigenvalue weighted by Crippen LogP contribution is -2.48. The lowest BCUT2D eigenvalue weighted by Gasteiger charge is -2.36. The van der Waals surface area contributed by atoms with Crippen molar-refractivity contribution >= 4 is 11.8 Å². The first-order chi connectivity index (χ1) is 9.85. The zero-order valence-electron chi connectivity index (χ0n) is 13.4. The number of hydrogen-bond donors (Lipinski definition) is 1. The van der Waals surface area contributed by atoms with Crippen LogP contribution < -0.4 is 5.32 Å². The van der Waals surface area contributed by atoms with Crippen LogP contribution >= 0.6 is 0 Å². The van der Waals surface area contributed by atoms with Crippen molar-refractivity contribution in [2.45, 2.75) is 51.7 Å². The van der Waals surface area contributed by atoms with E-state index in [9.17, 15) is 4.79 Å². The Bertz CT molecular complexity index is 478. The Morgan fingerprint density at radius 1 is 1.48 bits per heavy atom. The minimum absolute atomic E-state index is 0.175. The molecule has 6 heteroatoms. The average Bonchev–Trinajstić information content (AvgIpc) is 2.80. The number of carbonyl (C=O) groups excluding carboxylic acids is 1. The molecule has 21 heavy (non-hydrogen) atoms. The van der Waals surface area contributed by atoms with Crippen molar-refractivity contribution in [1.29, 1.82) is 0 Å². The summed E-state index contributed by atoms with van der Waals surface area (Å²) in [5.74, 6) is 0. The Kier molecular flexibility index (Phi) is 4.75. The molecule has 0 spiro atoms. The van der Waals surface area contributed by atoms with Crippen molar-refractivity contribution < 1.29 is 9.53 Å². The van der Waals surface area contributed by atoms with Crippen LogP contribution in [0.5, 0.6) is 0 Å². The maximum Gasteiger partial charge on any atom is 0.410 e. The molecule has 118 valence electrons. The molecule has 1 aromatic rings. The fourth-order valence-corrected chi connectivity index (χ4v) is 2.52. The number of nitrogens with one attached hydrogen (secondary N) is 1. The molecule has 0 aliphatic carbocycles. The number of piperidine rings is 1. The van der Waals surface area contributed by atoms with Crippen LogP contribution in [0.15, 0.2) is 12.4 Å². The second-order valence-corrected chi connectivity index (χ2v) is 6.61. The predicted octanol–water partition coefficient (Wildman–Crippen LogP) is 2.62. The lowest BCUT2D eigenvalue weighted by molar-refractivity contribution is 0.0114. The average molecular weight is 294 g/mol. The fraction of sp³-hybridized carbons (Fsp3) is 0.733. The Labute approximate surface area is 126 Å². The number of carbonyl (C=O) groups is 1. The van der Waals surface area contributed by atoms with E-state index in [0.717, 1.165) is 38.0 Å². The zero-order chi connectivity index (χ0) is 15.5. The molecule has 1 aromatic heterocycles. The smallest absolute Gasteiger partial charge is 0.410 e. The van der Waals surface area contributed by atoms with Gasteiger partial charge in [0, 0.05) is 26.3 Å². The molecule has 0 saturated carbocycles. The van der Waals surface area contributed by atoms with Gasteiger partial charge in [-0.1, -0.05) is 0 Å². The third-order valence-corrected chi connectivity index (χ3v) is 3.50. The summed E-state index contributed by atoms with van der Waals surface area (Å²) in [4.78, 5) is 14.2. The summed E-state index contributed by atoms with van der Waals surface area (Å²) in [5.41, 5.74) is 0.530. The van der Waals surface area contributed by atoms with E-state index in [1.807, 2.05) is 38.9 Å². The van der Waals surface area contributed by atoms with Gasteiger partial charge in [-0.15, -0.1) is 0 Å². The minimum atomic E-state index is -0.449. The molecule has 1 saturated heterocycles. The Morgan fingerprint density at radius 2 is 2.24 bits per heavy atom. The van der Waals surface area contributed by atoms with Crippen molar-refractivity contribution in [1.82, 2.24) is 14.7 Å². The van der Waals surface area contributed by atoms with E-state index in [1.165, 1.54) is 0 Å². The van der Waals surface area contributed by atoms with Crippen molar-refractivity contribution in [3.8, 4) is 0 Å². The van der Waals surface area contributed by atoms with E-state index >= 15 is 0 Å². The van der Waals surface area contributed by atoms with Gasteiger partial charge in [0.05, 0.1) is 17.9 Å². The van der Waals surface area contributed by atoms with Crippen LogP contribution in [0, 0.1) is 0 Å². The highest BCUT2D eigenvalue weighted by atomic mass is 16.6. The van der Waals surface area contributed by atoms with Crippen LogP contribution in [0.2, 0.25) is 0 Å². The summed E-state index contributed by atoms with van der Waals surface area (Å²) in [6.07, 6.45) is 6.72. The van der Waals surface area contributed by atoms with E-state index in [1.54, 1.807) is 10.9 Å². The molecule has 1 N–H and O–H groups in total. The van der Waals surface area contributed by atoms with Gasteiger partial charge in [-0.05, 0) is 40.0 Å². The highest BCUT2D eigenvalue weighted by Crippen LogP contribution is 2.21. The maximum atomic E-state index is 12.3. The maximum absolute atomic E-state index is 12.3. The molecular weight excluding hydrogens is 268 g/mol. The van der Waals surface area contributed by atoms with Crippen molar-refractivity contribution in [3.05, 3.63) is 12.4 Å². The molecule has 1 fully saturated rings. The van der Waals surface area contributed by atoms with Gasteiger partial charge >= 0.3 is 6.09 Å². The molecule has 2 rings (SSSR count). The van der Waals surface area contributed by atoms with Crippen LogP contribution in [0.25, 0.3) is 0 Å². The van der Waals surface area contributed by atoms with Crippen LogP contribution in [-0.4, -0.2) is 45.5 Å². The van der Waals surface area contributed by atoms with E-state index < -0.39 is 5.60 Å². The van der Waals surface area contributed by atoms with E-state index in [0.29, 0.717) is 0 Å². The molecule has 1 aliphatic rings. The molecule has 2 heterocycles. The number of aromatic nitrogens is 2. The number of anilines is 1. The number of nitrogens with zero attached hydrogens (tertiary/aromatic N) is 3. The van der Waals surface area contributed by atoms with Gasteiger partial charge in [-0.2, -0.15) is 5.10 Å². The molecule has 0 aromatic carbocycles. The van der Waals surface area contributed by atoms with Crippen molar-refractivity contribution in [2.24, 2.45) is 7.05 Å². The van der Waals surface area contributed by atoms with Crippen LogP contribution in [0.3, 0.4) is 0 Å². The predicted molar refractivity (Wildman–Crippen MR) is 82.3 cm³/mol. The summed E-state index contributed by atoms with van der Waals surface area (Å²) >= 11 is 0. The number of ether oxygens (including phenoxy) is 1. The highest BCUT2D eigenvalue weighted by Gasteiger charge is 2.30. The van der Waals surface area contributed by atoms with Gasteiger partial charge in [0.2, 0.25) is 0 Å².